The van der Waals surface area contributed by atoms with Crippen LogP contribution in [0.1, 0.15) is 33.6 Å². The summed E-state index contributed by atoms with van der Waals surface area (Å²) in [6.45, 7) is 8.46. The topological polar surface area (TPSA) is 47.6 Å². The van der Waals surface area contributed by atoms with Crippen molar-refractivity contribution in [2.45, 2.75) is 39.7 Å². The summed E-state index contributed by atoms with van der Waals surface area (Å²) in [5, 5.41) is 3.26. The van der Waals surface area contributed by atoms with Crippen LogP contribution in [-0.4, -0.2) is 38.4 Å². The highest BCUT2D eigenvalue weighted by Crippen LogP contribution is 2.31. The molecule has 0 aromatic carbocycles. The Bertz CT molecular complexity index is 222. The van der Waals surface area contributed by atoms with E-state index < -0.39 is 5.41 Å². The van der Waals surface area contributed by atoms with Crippen molar-refractivity contribution in [1.82, 2.24) is 5.32 Å². The summed E-state index contributed by atoms with van der Waals surface area (Å²) in [6.07, 6.45) is 1.76. The van der Waals surface area contributed by atoms with E-state index in [1.807, 2.05) is 20.8 Å². The van der Waals surface area contributed by atoms with Gasteiger partial charge in [0.2, 0.25) is 0 Å². The molecule has 0 aliphatic carbocycles. The zero-order valence-corrected chi connectivity index (χ0v) is 10.5. The normalized spacial score (nSPS) is 19.8. The molecule has 1 rings (SSSR count). The maximum absolute atomic E-state index is 12.0. The maximum Gasteiger partial charge on any atom is 0.314 e. The molecule has 1 heterocycles. The van der Waals surface area contributed by atoms with Gasteiger partial charge in [0.1, 0.15) is 0 Å². The van der Waals surface area contributed by atoms with Crippen LogP contribution in [0.25, 0.3) is 0 Å². The zero-order chi connectivity index (χ0) is 12.0. The van der Waals surface area contributed by atoms with Gasteiger partial charge in [-0.1, -0.05) is 0 Å². The summed E-state index contributed by atoms with van der Waals surface area (Å²) in [7, 11) is 0. The van der Waals surface area contributed by atoms with Crippen molar-refractivity contribution in [3.63, 3.8) is 0 Å². The van der Waals surface area contributed by atoms with Crippen LogP contribution in [0.15, 0.2) is 0 Å². The molecule has 0 bridgehead atoms. The quantitative estimate of drug-likeness (QED) is 0.723. The minimum atomic E-state index is -0.425. The van der Waals surface area contributed by atoms with E-state index in [0.29, 0.717) is 13.2 Å². The molecular weight excluding hydrogens is 206 g/mol. The monoisotopic (exact) mass is 229 g/mol. The van der Waals surface area contributed by atoms with Crippen molar-refractivity contribution >= 4 is 5.97 Å². The number of hydrogen-bond donors (Lipinski definition) is 1. The number of carbonyl (C=O) groups is 1. The number of esters is 1. The number of piperidine rings is 1. The fourth-order valence-electron chi connectivity index (χ4n) is 1.92. The maximum atomic E-state index is 12.0. The smallest absolute Gasteiger partial charge is 0.314 e. The average Bonchev–Trinajstić information content (AvgIpc) is 2.28. The molecule has 1 aliphatic rings. The van der Waals surface area contributed by atoms with Gasteiger partial charge in [-0.05, 0) is 46.7 Å². The average molecular weight is 229 g/mol. The van der Waals surface area contributed by atoms with Gasteiger partial charge in [0.05, 0.1) is 24.7 Å². The third kappa shape index (κ3) is 3.46. The number of ether oxygens (including phenoxy) is 2. The molecule has 0 atom stereocenters. The Morgan fingerprint density at radius 1 is 1.38 bits per heavy atom. The second-order valence-corrected chi connectivity index (χ2v) is 4.61. The Morgan fingerprint density at radius 3 is 2.50 bits per heavy atom. The molecule has 94 valence electrons. The van der Waals surface area contributed by atoms with Crippen molar-refractivity contribution in [1.29, 1.82) is 0 Å². The molecule has 0 spiro atoms. The molecule has 16 heavy (non-hydrogen) atoms. The van der Waals surface area contributed by atoms with Crippen LogP contribution in [0.3, 0.4) is 0 Å². The van der Waals surface area contributed by atoms with Crippen molar-refractivity contribution in [3.05, 3.63) is 0 Å². The van der Waals surface area contributed by atoms with E-state index in [1.54, 1.807) is 0 Å². The molecule has 1 saturated heterocycles. The van der Waals surface area contributed by atoms with Gasteiger partial charge in [0.15, 0.2) is 0 Å². The van der Waals surface area contributed by atoms with Crippen LogP contribution in [0.2, 0.25) is 0 Å². The van der Waals surface area contributed by atoms with E-state index in [2.05, 4.69) is 5.32 Å². The lowest BCUT2D eigenvalue weighted by Crippen LogP contribution is -2.46. The minimum Gasteiger partial charge on any atom is -0.465 e. The van der Waals surface area contributed by atoms with Gasteiger partial charge in [-0.2, -0.15) is 0 Å². The van der Waals surface area contributed by atoms with Gasteiger partial charge < -0.3 is 14.8 Å². The van der Waals surface area contributed by atoms with Crippen molar-refractivity contribution in [2.24, 2.45) is 5.41 Å². The third-order valence-electron chi connectivity index (χ3n) is 2.96. The molecule has 4 heteroatoms. The van der Waals surface area contributed by atoms with Gasteiger partial charge in [-0.25, -0.2) is 0 Å². The van der Waals surface area contributed by atoms with E-state index in [0.717, 1.165) is 25.9 Å². The molecule has 1 aliphatic heterocycles. The lowest BCUT2D eigenvalue weighted by atomic mass is 9.79. The zero-order valence-electron chi connectivity index (χ0n) is 10.5. The molecular formula is C12H23NO3. The Balaban J connectivity index is 2.62. The van der Waals surface area contributed by atoms with E-state index in [1.165, 1.54) is 0 Å². The first-order valence-corrected chi connectivity index (χ1v) is 6.10. The number of rotatable bonds is 5. The molecule has 0 amide bonds. The predicted molar refractivity (Wildman–Crippen MR) is 62.3 cm³/mol. The predicted octanol–water partition coefficient (Wildman–Crippen LogP) is 1.34. The van der Waals surface area contributed by atoms with Gasteiger partial charge >= 0.3 is 5.97 Å². The lowest BCUT2D eigenvalue weighted by molar-refractivity contribution is -0.163. The van der Waals surface area contributed by atoms with Crippen LogP contribution in [0, 0.1) is 5.41 Å². The molecule has 1 N–H and O–H groups in total. The molecule has 0 aromatic heterocycles. The highest BCUT2D eigenvalue weighted by Gasteiger charge is 2.41. The Hall–Kier alpha value is -0.610. The van der Waals surface area contributed by atoms with Crippen LogP contribution in [0.4, 0.5) is 0 Å². The first-order chi connectivity index (χ1) is 7.60. The van der Waals surface area contributed by atoms with Gasteiger partial charge in [0, 0.05) is 0 Å². The fourth-order valence-corrected chi connectivity index (χ4v) is 1.92. The Morgan fingerprint density at radius 2 is 2.00 bits per heavy atom. The van der Waals surface area contributed by atoms with Crippen LogP contribution in [0.5, 0.6) is 0 Å². The van der Waals surface area contributed by atoms with Crippen LogP contribution >= 0.6 is 0 Å². The first kappa shape index (κ1) is 13.5. The van der Waals surface area contributed by atoms with Crippen LogP contribution in [-0.2, 0) is 14.3 Å². The van der Waals surface area contributed by atoms with Crippen molar-refractivity contribution < 1.29 is 14.3 Å². The van der Waals surface area contributed by atoms with E-state index in [9.17, 15) is 4.79 Å². The highest BCUT2D eigenvalue weighted by molar-refractivity contribution is 5.77. The molecule has 1 fully saturated rings. The summed E-state index contributed by atoms with van der Waals surface area (Å²) >= 11 is 0. The minimum absolute atomic E-state index is 0.0999. The Labute approximate surface area is 97.7 Å². The SMILES string of the molecule is CCOC(=O)C1(COC(C)C)CCNCC1. The Kier molecular flexibility index (Phi) is 5.22. The van der Waals surface area contributed by atoms with E-state index in [4.69, 9.17) is 9.47 Å². The molecule has 0 radical (unpaired) electrons. The summed E-state index contributed by atoms with van der Waals surface area (Å²) in [4.78, 5) is 12.0. The summed E-state index contributed by atoms with van der Waals surface area (Å²) in [6, 6.07) is 0. The van der Waals surface area contributed by atoms with E-state index >= 15 is 0 Å². The number of nitrogens with one attached hydrogen (secondary N) is 1. The first-order valence-electron chi connectivity index (χ1n) is 6.10. The summed E-state index contributed by atoms with van der Waals surface area (Å²) in [5.41, 5.74) is -0.425. The van der Waals surface area contributed by atoms with Crippen LogP contribution < -0.4 is 5.32 Å². The number of hydrogen-bond acceptors (Lipinski definition) is 4. The second-order valence-electron chi connectivity index (χ2n) is 4.61. The van der Waals surface area contributed by atoms with Crippen molar-refractivity contribution in [2.75, 3.05) is 26.3 Å². The lowest BCUT2D eigenvalue weighted by Gasteiger charge is -2.35. The van der Waals surface area contributed by atoms with Gasteiger partial charge in [-0.15, -0.1) is 0 Å². The molecule has 0 saturated carbocycles. The summed E-state index contributed by atoms with van der Waals surface area (Å²) in [5.74, 6) is -0.0999. The highest BCUT2D eigenvalue weighted by atomic mass is 16.5. The standard InChI is InChI=1S/C12H23NO3/c1-4-15-11(14)12(9-16-10(2)3)5-7-13-8-6-12/h10,13H,4-9H2,1-3H3. The molecule has 4 nitrogen and oxygen atoms in total. The second kappa shape index (κ2) is 6.21. The number of carbonyl (C=O) groups excluding carboxylic acids is 1. The molecule has 0 aromatic rings. The van der Waals surface area contributed by atoms with Gasteiger partial charge in [-0.3, -0.25) is 4.79 Å². The largest absolute Gasteiger partial charge is 0.465 e. The third-order valence-corrected chi connectivity index (χ3v) is 2.96. The van der Waals surface area contributed by atoms with E-state index in [-0.39, 0.29) is 12.1 Å². The molecule has 0 unspecified atom stereocenters. The van der Waals surface area contributed by atoms with Gasteiger partial charge in [0.25, 0.3) is 0 Å². The van der Waals surface area contributed by atoms with Crippen molar-refractivity contribution in [3.8, 4) is 0 Å². The fraction of sp³-hybridized carbons (Fsp3) is 0.917. The summed E-state index contributed by atoms with van der Waals surface area (Å²) < 4.78 is 10.8.